The van der Waals surface area contributed by atoms with Gasteiger partial charge in [-0.15, -0.1) is 0 Å². The molecule has 0 atom stereocenters. The van der Waals surface area contributed by atoms with Crippen molar-refractivity contribution in [3.8, 4) is 5.75 Å². The lowest BCUT2D eigenvalue weighted by Crippen LogP contribution is -2.53. The summed E-state index contributed by atoms with van der Waals surface area (Å²) in [5.74, 6) is 0.550. The Morgan fingerprint density at radius 2 is 1.81 bits per heavy atom. The number of benzene rings is 1. The van der Waals surface area contributed by atoms with E-state index in [1.54, 1.807) is 24.1 Å². The van der Waals surface area contributed by atoms with Crippen molar-refractivity contribution in [3.05, 3.63) is 29.8 Å². The van der Waals surface area contributed by atoms with Crippen LogP contribution in [0.1, 0.15) is 39.2 Å². The molecule has 1 N–H and O–H groups in total. The SMILES string of the molecule is COc1ccc(C2=NC3(CCN(C(=O)OC(C)(C)C)CC3)NC2=O)cc1. The van der Waals surface area contributed by atoms with Gasteiger partial charge in [0.1, 0.15) is 22.7 Å². The van der Waals surface area contributed by atoms with Gasteiger partial charge in [0.05, 0.1) is 7.11 Å². The molecule has 2 aliphatic rings. The lowest BCUT2D eigenvalue weighted by atomic mass is 9.98. The van der Waals surface area contributed by atoms with E-state index in [2.05, 4.69) is 5.32 Å². The molecule has 3 rings (SSSR count). The van der Waals surface area contributed by atoms with Crippen molar-refractivity contribution in [2.45, 2.75) is 44.9 Å². The van der Waals surface area contributed by atoms with E-state index in [0.29, 0.717) is 31.6 Å². The fourth-order valence-electron chi connectivity index (χ4n) is 3.13. The molecule has 2 aliphatic heterocycles. The van der Waals surface area contributed by atoms with Gasteiger partial charge in [-0.1, -0.05) is 0 Å². The Kier molecular flexibility index (Phi) is 4.64. The van der Waals surface area contributed by atoms with Crippen LogP contribution in [0.15, 0.2) is 29.3 Å². The molecule has 2 heterocycles. The molecule has 1 saturated heterocycles. The van der Waals surface area contributed by atoms with E-state index < -0.39 is 11.3 Å². The smallest absolute Gasteiger partial charge is 0.410 e. The van der Waals surface area contributed by atoms with Crippen molar-refractivity contribution in [3.63, 3.8) is 0 Å². The second-order valence-electron chi connectivity index (χ2n) is 7.64. The van der Waals surface area contributed by atoms with Crippen molar-refractivity contribution < 1.29 is 19.1 Å². The topological polar surface area (TPSA) is 80.2 Å². The van der Waals surface area contributed by atoms with Crippen LogP contribution in [0.4, 0.5) is 4.79 Å². The molecule has 1 aromatic rings. The molecule has 0 aliphatic carbocycles. The number of carbonyl (C=O) groups excluding carboxylic acids is 2. The van der Waals surface area contributed by atoms with Crippen molar-refractivity contribution in [1.82, 2.24) is 10.2 Å². The number of methoxy groups -OCH3 is 1. The van der Waals surface area contributed by atoms with Crippen LogP contribution in [0.2, 0.25) is 0 Å². The minimum atomic E-state index is -0.634. The highest BCUT2D eigenvalue weighted by atomic mass is 16.6. The zero-order valence-electron chi connectivity index (χ0n) is 15.7. The molecule has 0 aromatic heterocycles. The normalized spacial score (nSPS) is 19.2. The second kappa shape index (κ2) is 6.63. The summed E-state index contributed by atoms with van der Waals surface area (Å²) in [6.45, 7) is 6.53. The average Bonchev–Trinajstić information content (AvgIpc) is 2.90. The molecule has 1 aromatic carbocycles. The van der Waals surface area contributed by atoms with Crippen molar-refractivity contribution in [2.75, 3.05) is 20.2 Å². The Bertz CT molecular complexity index is 726. The third-order valence-electron chi connectivity index (χ3n) is 4.49. The zero-order chi connectivity index (χ0) is 18.9. The van der Waals surface area contributed by atoms with Gasteiger partial charge in [0.15, 0.2) is 0 Å². The molecule has 0 unspecified atom stereocenters. The Labute approximate surface area is 153 Å². The molecular formula is C19H25N3O4. The van der Waals surface area contributed by atoms with E-state index in [-0.39, 0.29) is 12.0 Å². The molecular weight excluding hydrogens is 334 g/mol. The number of amides is 2. The van der Waals surface area contributed by atoms with Crippen LogP contribution in [-0.2, 0) is 9.53 Å². The Morgan fingerprint density at radius 3 is 2.35 bits per heavy atom. The first-order valence-electron chi connectivity index (χ1n) is 8.76. The molecule has 2 amide bonds. The summed E-state index contributed by atoms with van der Waals surface area (Å²) in [4.78, 5) is 31.0. The predicted molar refractivity (Wildman–Crippen MR) is 97.4 cm³/mol. The van der Waals surface area contributed by atoms with Gasteiger partial charge < -0.3 is 19.7 Å². The van der Waals surface area contributed by atoms with Crippen LogP contribution in [0, 0.1) is 0 Å². The van der Waals surface area contributed by atoms with Crippen LogP contribution >= 0.6 is 0 Å². The summed E-state index contributed by atoms with van der Waals surface area (Å²) in [7, 11) is 1.60. The van der Waals surface area contributed by atoms with E-state index >= 15 is 0 Å². The van der Waals surface area contributed by atoms with Crippen LogP contribution in [-0.4, -0.2) is 54.1 Å². The number of ether oxygens (including phenoxy) is 2. The Balaban J connectivity index is 1.69. The monoisotopic (exact) mass is 359 g/mol. The molecule has 1 fully saturated rings. The van der Waals surface area contributed by atoms with Crippen LogP contribution < -0.4 is 10.1 Å². The summed E-state index contributed by atoms with van der Waals surface area (Å²) in [6, 6.07) is 7.26. The first kappa shape index (κ1) is 18.2. The van der Waals surface area contributed by atoms with E-state index in [4.69, 9.17) is 14.5 Å². The molecule has 26 heavy (non-hydrogen) atoms. The minimum Gasteiger partial charge on any atom is -0.497 e. The molecule has 0 bridgehead atoms. The number of hydrogen-bond donors (Lipinski definition) is 1. The summed E-state index contributed by atoms with van der Waals surface area (Å²) >= 11 is 0. The van der Waals surface area contributed by atoms with E-state index in [0.717, 1.165) is 11.3 Å². The second-order valence-corrected chi connectivity index (χ2v) is 7.64. The number of piperidine rings is 1. The molecule has 1 spiro atoms. The van der Waals surface area contributed by atoms with Gasteiger partial charge >= 0.3 is 6.09 Å². The highest BCUT2D eigenvalue weighted by molar-refractivity contribution is 6.46. The summed E-state index contributed by atoms with van der Waals surface area (Å²) in [5.41, 5.74) is 0.0336. The zero-order valence-corrected chi connectivity index (χ0v) is 15.7. The molecule has 0 radical (unpaired) electrons. The number of nitrogens with zero attached hydrogens (tertiary/aromatic N) is 2. The third kappa shape index (κ3) is 3.81. The maximum atomic E-state index is 12.4. The van der Waals surface area contributed by atoms with Gasteiger partial charge in [0.25, 0.3) is 5.91 Å². The lowest BCUT2D eigenvalue weighted by molar-refractivity contribution is -0.115. The first-order chi connectivity index (χ1) is 12.2. The quantitative estimate of drug-likeness (QED) is 0.879. The lowest BCUT2D eigenvalue weighted by Gasteiger charge is -2.37. The standard InChI is InChI=1S/C19H25N3O4/c1-18(2,3)26-17(24)22-11-9-19(10-12-22)20-15(16(23)21-19)13-5-7-14(25-4)8-6-13/h5-8H,9-12H2,1-4H3,(H,21,23). The van der Waals surface area contributed by atoms with Crippen molar-refractivity contribution in [2.24, 2.45) is 4.99 Å². The summed E-state index contributed by atoms with van der Waals surface area (Å²) in [6.07, 6.45) is 0.811. The number of likely N-dealkylation sites (tertiary alicyclic amines) is 1. The highest BCUT2D eigenvalue weighted by Gasteiger charge is 2.43. The number of nitrogens with one attached hydrogen (secondary N) is 1. The van der Waals surface area contributed by atoms with Gasteiger partial charge in [-0.3, -0.25) is 9.79 Å². The highest BCUT2D eigenvalue weighted by Crippen LogP contribution is 2.29. The maximum Gasteiger partial charge on any atom is 0.410 e. The molecule has 7 nitrogen and oxygen atoms in total. The summed E-state index contributed by atoms with van der Waals surface area (Å²) < 4.78 is 10.6. The predicted octanol–water partition coefficient (Wildman–Crippen LogP) is 2.34. The van der Waals surface area contributed by atoms with Crippen LogP contribution in [0.5, 0.6) is 5.75 Å². The van der Waals surface area contributed by atoms with Gasteiger partial charge in [0, 0.05) is 31.5 Å². The van der Waals surface area contributed by atoms with Crippen LogP contribution in [0.3, 0.4) is 0 Å². The van der Waals surface area contributed by atoms with Gasteiger partial charge in [0.2, 0.25) is 0 Å². The van der Waals surface area contributed by atoms with Crippen molar-refractivity contribution >= 4 is 17.7 Å². The third-order valence-corrected chi connectivity index (χ3v) is 4.49. The Morgan fingerprint density at radius 1 is 1.19 bits per heavy atom. The molecule has 7 heteroatoms. The average molecular weight is 359 g/mol. The fourth-order valence-corrected chi connectivity index (χ4v) is 3.13. The Hall–Kier alpha value is -2.57. The van der Waals surface area contributed by atoms with Gasteiger partial charge in [-0.25, -0.2) is 4.79 Å². The largest absolute Gasteiger partial charge is 0.497 e. The number of carbonyl (C=O) groups is 2. The maximum absolute atomic E-state index is 12.4. The van der Waals surface area contributed by atoms with Gasteiger partial charge in [-0.05, 0) is 45.0 Å². The van der Waals surface area contributed by atoms with E-state index in [1.165, 1.54) is 0 Å². The minimum absolute atomic E-state index is 0.180. The molecule has 140 valence electrons. The first-order valence-corrected chi connectivity index (χ1v) is 8.76. The number of aliphatic imine (C=N–C) groups is 1. The van der Waals surface area contributed by atoms with E-state index in [9.17, 15) is 9.59 Å². The van der Waals surface area contributed by atoms with E-state index in [1.807, 2.05) is 32.9 Å². The van der Waals surface area contributed by atoms with Crippen LogP contribution in [0.25, 0.3) is 0 Å². The number of hydrogen-bond acceptors (Lipinski definition) is 5. The van der Waals surface area contributed by atoms with Crippen molar-refractivity contribution in [1.29, 1.82) is 0 Å². The molecule has 0 saturated carbocycles. The fraction of sp³-hybridized carbons (Fsp3) is 0.526. The van der Waals surface area contributed by atoms with Gasteiger partial charge in [-0.2, -0.15) is 0 Å². The number of rotatable bonds is 2. The summed E-state index contributed by atoms with van der Waals surface area (Å²) in [5, 5.41) is 3.00.